The summed E-state index contributed by atoms with van der Waals surface area (Å²) in [5.41, 5.74) is 2.25. The third kappa shape index (κ3) is 4.72. The highest BCUT2D eigenvalue weighted by Crippen LogP contribution is 2.34. The van der Waals surface area contributed by atoms with Gasteiger partial charge < -0.3 is 14.6 Å². The molecule has 7 nitrogen and oxygen atoms in total. The Hall–Kier alpha value is -3.75. The second-order valence-corrected chi connectivity index (χ2v) is 8.15. The molecular formula is C25H22N3O4S-. The van der Waals surface area contributed by atoms with Gasteiger partial charge in [-0.25, -0.2) is 0 Å². The fraction of sp³-hybridized carbons (Fsp3) is 0.120. The van der Waals surface area contributed by atoms with E-state index < -0.39 is 17.2 Å². The van der Waals surface area contributed by atoms with Crippen LogP contribution in [-0.2, 0) is 11.3 Å². The number of methoxy groups -OCH3 is 1. The largest absolute Gasteiger partial charge is 0.755 e. The number of anilines is 2. The number of carbonyl (C=O) groups excluding carboxylic acids is 1. The number of carbonyl (C=O) groups is 1. The van der Waals surface area contributed by atoms with Crippen molar-refractivity contribution in [2.24, 2.45) is 0 Å². The fourth-order valence-electron chi connectivity index (χ4n) is 3.64. The molecule has 3 aromatic carbocycles. The van der Waals surface area contributed by atoms with Crippen molar-refractivity contribution in [3.63, 3.8) is 0 Å². The number of fused-ring (bicyclic) bond motifs is 1. The lowest BCUT2D eigenvalue weighted by molar-refractivity contribution is 0.0940. The normalized spacial score (nSPS) is 12.7. The average molecular weight is 461 g/mol. The Morgan fingerprint density at radius 1 is 1.00 bits per heavy atom. The third-order valence-electron chi connectivity index (χ3n) is 5.31. The van der Waals surface area contributed by atoms with E-state index in [4.69, 9.17) is 4.74 Å². The molecule has 1 aromatic heterocycles. The number of nitrogens with zero attached hydrogens (tertiary/aromatic N) is 2. The molecule has 2 atom stereocenters. The Labute approximate surface area is 194 Å². The molecule has 1 amide bonds. The van der Waals surface area contributed by atoms with Crippen LogP contribution in [0.3, 0.4) is 0 Å². The summed E-state index contributed by atoms with van der Waals surface area (Å²) in [4.78, 5) is 17.6. The summed E-state index contributed by atoms with van der Waals surface area (Å²) in [5, 5.41) is 3.74. The maximum atomic E-state index is 13.2. The van der Waals surface area contributed by atoms with Crippen LogP contribution in [0.2, 0.25) is 0 Å². The van der Waals surface area contributed by atoms with Gasteiger partial charge in [-0.1, -0.05) is 42.5 Å². The molecule has 8 heteroatoms. The van der Waals surface area contributed by atoms with E-state index in [0.717, 1.165) is 21.0 Å². The van der Waals surface area contributed by atoms with Crippen molar-refractivity contribution in [3.8, 4) is 5.75 Å². The number of benzene rings is 3. The Morgan fingerprint density at radius 3 is 2.42 bits per heavy atom. The van der Waals surface area contributed by atoms with E-state index in [0.29, 0.717) is 11.2 Å². The van der Waals surface area contributed by atoms with Crippen molar-refractivity contribution >= 4 is 39.5 Å². The monoisotopic (exact) mass is 460 g/mol. The van der Waals surface area contributed by atoms with Crippen LogP contribution in [0.15, 0.2) is 85.1 Å². The summed E-state index contributed by atoms with van der Waals surface area (Å²) in [7, 11) is 1.59. The Bertz CT molecular complexity index is 1310. The smallest absolute Gasteiger partial charge is 0.253 e. The number of hydrogen-bond acceptors (Lipinski definition) is 5. The highest BCUT2D eigenvalue weighted by molar-refractivity contribution is 7.81. The van der Waals surface area contributed by atoms with Crippen LogP contribution in [-0.4, -0.2) is 26.8 Å². The van der Waals surface area contributed by atoms with Crippen LogP contribution in [0.5, 0.6) is 5.75 Å². The summed E-state index contributed by atoms with van der Waals surface area (Å²) >= 11 is -2.69. The second kappa shape index (κ2) is 9.81. The zero-order valence-corrected chi connectivity index (χ0v) is 18.9. The zero-order valence-electron chi connectivity index (χ0n) is 18.1. The highest BCUT2D eigenvalue weighted by Gasteiger charge is 2.22. The molecule has 0 aliphatic rings. The molecule has 0 bridgehead atoms. The molecule has 33 heavy (non-hydrogen) atoms. The number of rotatable bonds is 7. The van der Waals surface area contributed by atoms with Gasteiger partial charge in [0.1, 0.15) is 5.75 Å². The summed E-state index contributed by atoms with van der Waals surface area (Å²) in [6.07, 6.45) is 1.60. The number of hydrogen-bond donors (Lipinski definition) is 1. The van der Waals surface area contributed by atoms with Gasteiger partial charge in [0, 0.05) is 11.6 Å². The van der Waals surface area contributed by atoms with E-state index in [1.54, 1.807) is 55.8 Å². The predicted molar refractivity (Wildman–Crippen MR) is 128 cm³/mol. The molecule has 1 heterocycles. The lowest BCUT2D eigenvalue weighted by atomic mass is 10.1. The zero-order chi connectivity index (χ0) is 23.4. The van der Waals surface area contributed by atoms with Crippen molar-refractivity contribution < 1.29 is 18.3 Å². The number of aromatic nitrogens is 1. The molecule has 2 unspecified atom stereocenters. The van der Waals surface area contributed by atoms with Gasteiger partial charge in [0.25, 0.3) is 5.91 Å². The number of nitrogens with one attached hydrogen (secondary N) is 1. The first-order valence-electron chi connectivity index (χ1n) is 10.3. The molecule has 0 saturated carbocycles. The molecule has 0 aliphatic heterocycles. The van der Waals surface area contributed by atoms with E-state index >= 15 is 0 Å². The molecule has 168 valence electrons. The lowest BCUT2D eigenvalue weighted by Crippen LogP contribution is -2.29. The molecule has 4 aromatic rings. The lowest BCUT2D eigenvalue weighted by Gasteiger charge is -2.29. The minimum Gasteiger partial charge on any atom is -0.755 e. The maximum absolute atomic E-state index is 13.2. The first-order chi connectivity index (χ1) is 16.0. The van der Waals surface area contributed by atoms with Gasteiger partial charge >= 0.3 is 0 Å². The molecule has 0 fully saturated rings. The van der Waals surface area contributed by atoms with Gasteiger partial charge in [-0.15, -0.1) is 0 Å². The quantitative estimate of drug-likeness (QED) is 0.405. The first-order valence-corrected chi connectivity index (χ1v) is 11.3. The van der Waals surface area contributed by atoms with Gasteiger partial charge in [0.2, 0.25) is 0 Å². The molecule has 0 radical (unpaired) electrons. The van der Waals surface area contributed by atoms with Gasteiger partial charge in [-0.2, -0.15) is 0 Å². The van der Waals surface area contributed by atoms with Gasteiger partial charge in [-0.05, 0) is 48.9 Å². The van der Waals surface area contributed by atoms with Crippen molar-refractivity contribution in [2.45, 2.75) is 13.0 Å². The molecule has 4 rings (SSSR count). The van der Waals surface area contributed by atoms with Crippen molar-refractivity contribution in [1.29, 1.82) is 0 Å². The van der Waals surface area contributed by atoms with Crippen molar-refractivity contribution in [3.05, 3.63) is 96.2 Å². The minimum absolute atomic E-state index is 0.231. The van der Waals surface area contributed by atoms with E-state index in [2.05, 4.69) is 10.3 Å². The SMILES string of the molecule is COc1ccc(C(C)NC(=O)c2ccccc2N(c2cccc3cccnc23)S(=O)[O-])cc1. The van der Waals surface area contributed by atoms with Crippen LogP contribution in [0.1, 0.15) is 28.9 Å². The van der Waals surface area contributed by atoms with Crippen molar-refractivity contribution in [2.75, 3.05) is 11.4 Å². The van der Waals surface area contributed by atoms with Gasteiger partial charge in [-0.3, -0.25) is 18.3 Å². The molecular weight excluding hydrogens is 438 g/mol. The van der Waals surface area contributed by atoms with E-state index in [1.165, 1.54) is 0 Å². The van der Waals surface area contributed by atoms with Crippen LogP contribution >= 0.6 is 0 Å². The predicted octanol–water partition coefficient (Wildman–Crippen LogP) is 4.67. The fourth-order valence-corrected chi connectivity index (χ4v) is 4.26. The van der Waals surface area contributed by atoms with Gasteiger partial charge in [0.05, 0.1) is 46.9 Å². The number of para-hydroxylation sites is 2. The van der Waals surface area contributed by atoms with E-state index in [9.17, 15) is 13.6 Å². The number of pyridine rings is 1. The molecule has 0 spiro atoms. The topological polar surface area (TPSA) is 94.6 Å². The van der Waals surface area contributed by atoms with Crippen LogP contribution in [0.25, 0.3) is 10.9 Å². The van der Waals surface area contributed by atoms with Crippen LogP contribution in [0.4, 0.5) is 11.4 Å². The second-order valence-electron chi connectivity index (χ2n) is 7.35. The third-order valence-corrected chi connectivity index (χ3v) is 6.00. The standard InChI is InChI=1S/C25H23N3O4S/c1-17(18-12-14-20(32-2)15-13-18)27-25(29)21-9-3-4-10-22(21)28(33(30)31)23-11-5-7-19-8-6-16-26-24(19)23/h3-17H,1-2H3,(H,27,29)(H,30,31)/p-1. The molecule has 0 saturated heterocycles. The number of amides is 1. The minimum atomic E-state index is -2.69. The maximum Gasteiger partial charge on any atom is 0.253 e. The summed E-state index contributed by atoms with van der Waals surface area (Å²) < 4.78 is 31.0. The van der Waals surface area contributed by atoms with Crippen LogP contribution < -0.4 is 14.4 Å². The summed E-state index contributed by atoms with van der Waals surface area (Å²) in [6, 6.07) is 22.6. The van der Waals surface area contributed by atoms with E-state index in [-0.39, 0.29) is 17.3 Å². The average Bonchev–Trinajstić information content (AvgIpc) is 2.84. The Balaban J connectivity index is 1.70. The van der Waals surface area contributed by atoms with Gasteiger partial charge in [0.15, 0.2) is 0 Å². The molecule has 1 N–H and O–H groups in total. The number of ether oxygens (including phenoxy) is 1. The Kier molecular flexibility index (Phi) is 6.67. The first kappa shape index (κ1) is 22.4. The van der Waals surface area contributed by atoms with Crippen molar-refractivity contribution in [1.82, 2.24) is 10.3 Å². The molecule has 0 aliphatic carbocycles. The van der Waals surface area contributed by atoms with Crippen LogP contribution in [0, 0.1) is 0 Å². The Morgan fingerprint density at radius 2 is 1.70 bits per heavy atom. The highest BCUT2D eigenvalue weighted by atomic mass is 32.2. The van der Waals surface area contributed by atoms with E-state index in [1.807, 2.05) is 43.3 Å². The summed E-state index contributed by atoms with van der Waals surface area (Å²) in [5.74, 6) is 0.331. The summed E-state index contributed by atoms with van der Waals surface area (Å²) in [6.45, 7) is 1.86.